The molecule has 3 heterocycles. The molecule has 1 aromatic rings. The van der Waals surface area contributed by atoms with Crippen LogP contribution < -0.4 is 0 Å². The first-order chi connectivity index (χ1) is 12.4. The van der Waals surface area contributed by atoms with E-state index < -0.39 is 12.0 Å². The first-order valence-electron chi connectivity index (χ1n) is 9.78. The van der Waals surface area contributed by atoms with Gasteiger partial charge in [-0.15, -0.1) is 0 Å². The van der Waals surface area contributed by atoms with E-state index in [1.54, 1.807) is 0 Å². The molecule has 0 spiro atoms. The molecule has 27 heavy (non-hydrogen) atoms. The van der Waals surface area contributed by atoms with E-state index in [2.05, 4.69) is 33.1 Å². The van der Waals surface area contributed by atoms with Gasteiger partial charge in [0.2, 0.25) is 5.91 Å². The lowest BCUT2D eigenvalue weighted by Gasteiger charge is -2.33. The maximum absolute atomic E-state index is 13.5. The van der Waals surface area contributed by atoms with Crippen LogP contribution >= 0.6 is 0 Å². The fourth-order valence-corrected chi connectivity index (χ4v) is 4.13. The molecule has 2 unspecified atom stereocenters. The second-order valence-corrected chi connectivity index (χ2v) is 9.46. The summed E-state index contributed by atoms with van der Waals surface area (Å²) in [6, 6.07) is 1.68. The Balaban J connectivity index is 1.91. The highest BCUT2D eigenvalue weighted by molar-refractivity contribution is 5.96. The Labute approximate surface area is 161 Å². The van der Waals surface area contributed by atoms with Crippen LogP contribution in [0.1, 0.15) is 57.9 Å². The van der Waals surface area contributed by atoms with E-state index in [0.29, 0.717) is 23.3 Å². The SMILES string of the molecule is Cc1cc(C(C(=O)N2C[C@H](O)CC2C2=N[N+](C)(C)C(C)(C)C2)C(C)C)on1. The third-order valence-corrected chi connectivity index (χ3v) is 6.31. The lowest BCUT2D eigenvalue weighted by atomic mass is 9.90. The molecule has 0 aromatic carbocycles. The van der Waals surface area contributed by atoms with Gasteiger partial charge in [-0.05, 0) is 26.7 Å². The maximum atomic E-state index is 13.5. The van der Waals surface area contributed by atoms with E-state index in [-0.39, 0.29) is 23.4 Å². The second kappa shape index (κ2) is 6.71. The first-order valence-corrected chi connectivity index (χ1v) is 9.78. The number of β-amino-alcohol motifs (C(OH)–C–C–N with tert-alkyl or cyclic N) is 1. The van der Waals surface area contributed by atoms with Gasteiger partial charge in [-0.25, -0.2) is 0 Å². The number of aromatic nitrogens is 1. The lowest BCUT2D eigenvalue weighted by Crippen LogP contribution is -2.48. The quantitative estimate of drug-likeness (QED) is 0.817. The van der Waals surface area contributed by atoms with Crippen molar-refractivity contribution in [3.63, 3.8) is 0 Å². The molecule has 2 aliphatic rings. The second-order valence-electron chi connectivity index (χ2n) is 9.46. The Morgan fingerprint density at radius 1 is 1.41 bits per heavy atom. The average molecular weight is 378 g/mol. The molecule has 1 fully saturated rings. The van der Waals surface area contributed by atoms with Gasteiger partial charge in [0.25, 0.3) is 0 Å². The highest BCUT2D eigenvalue weighted by Crippen LogP contribution is 2.37. The van der Waals surface area contributed by atoms with Crippen molar-refractivity contribution in [2.45, 2.75) is 71.1 Å². The minimum atomic E-state index is -0.523. The molecule has 7 heteroatoms. The Morgan fingerprint density at radius 3 is 2.56 bits per heavy atom. The number of hydrogen-bond donors (Lipinski definition) is 1. The van der Waals surface area contributed by atoms with Crippen molar-refractivity contribution in [2.75, 3.05) is 20.6 Å². The van der Waals surface area contributed by atoms with Crippen molar-refractivity contribution in [2.24, 2.45) is 11.0 Å². The fourth-order valence-electron chi connectivity index (χ4n) is 4.13. The largest absolute Gasteiger partial charge is 0.391 e. The van der Waals surface area contributed by atoms with E-state index in [1.807, 2.05) is 31.7 Å². The molecule has 1 aromatic heterocycles. The van der Waals surface area contributed by atoms with Crippen LogP contribution in [0.4, 0.5) is 0 Å². The summed E-state index contributed by atoms with van der Waals surface area (Å²) in [6.45, 7) is 10.6. The molecule has 1 amide bonds. The highest BCUT2D eigenvalue weighted by atomic mass is 16.5. The number of carbonyl (C=O) groups is 1. The molecule has 0 bridgehead atoms. The zero-order valence-corrected chi connectivity index (χ0v) is 17.6. The molecule has 7 nitrogen and oxygen atoms in total. The number of aliphatic hydroxyl groups is 1. The Kier molecular flexibility index (Phi) is 4.97. The summed E-state index contributed by atoms with van der Waals surface area (Å²) in [7, 11) is 4.16. The highest BCUT2D eigenvalue weighted by Gasteiger charge is 2.50. The van der Waals surface area contributed by atoms with Gasteiger partial charge in [0.15, 0.2) is 0 Å². The molecular formula is C20H33N4O3+. The van der Waals surface area contributed by atoms with Crippen LogP contribution in [0.2, 0.25) is 0 Å². The van der Waals surface area contributed by atoms with Crippen molar-refractivity contribution in [3.05, 3.63) is 17.5 Å². The van der Waals surface area contributed by atoms with Gasteiger partial charge in [-0.2, -0.15) is 4.59 Å². The molecular weight excluding hydrogens is 344 g/mol. The van der Waals surface area contributed by atoms with Crippen LogP contribution in [-0.4, -0.2) is 69.7 Å². The van der Waals surface area contributed by atoms with E-state index in [4.69, 9.17) is 9.62 Å². The van der Waals surface area contributed by atoms with Gasteiger partial charge in [-0.1, -0.05) is 24.1 Å². The molecule has 0 aliphatic carbocycles. The van der Waals surface area contributed by atoms with Crippen molar-refractivity contribution < 1.29 is 19.0 Å². The number of carbonyl (C=O) groups excluding carboxylic acids is 1. The molecule has 1 N–H and O–H groups in total. The lowest BCUT2D eigenvalue weighted by molar-refractivity contribution is -0.937. The molecule has 0 radical (unpaired) electrons. The van der Waals surface area contributed by atoms with E-state index in [1.165, 1.54) is 0 Å². The number of nitrogens with zero attached hydrogens (tertiary/aromatic N) is 4. The van der Waals surface area contributed by atoms with Crippen LogP contribution in [0.15, 0.2) is 15.7 Å². The minimum Gasteiger partial charge on any atom is -0.391 e. The van der Waals surface area contributed by atoms with E-state index in [9.17, 15) is 9.90 Å². The monoisotopic (exact) mass is 377 g/mol. The molecule has 1 saturated heterocycles. The van der Waals surface area contributed by atoms with Gasteiger partial charge >= 0.3 is 0 Å². The summed E-state index contributed by atoms with van der Waals surface area (Å²) in [4.78, 5) is 15.3. The number of quaternary nitrogens is 1. The van der Waals surface area contributed by atoms with Gasteiger partial charge in [0.05, 0.1) is 38.4 Å². The Bertz CT molecular complexity index is 750. The molecule has 150 valence electrons. The summed E-state index contributed by atoms with van der Waals surface area (Å²) in [5.74, 6) is 0.242. The van der Waals surface area contributed by atoms with Crippen LogP contribution in [0.5, 0.6) is 0 Å². The summed E-state index contributed by atoms with van der Waals surface area (Å²) < 4.78 is 5.96. The van der Waals surface area contributed by atoms with Crippen LogP contribution in [0.25, 0.3) is 0 Å². The number of hydrogen-bond acceptors (Lipinski definition) is 5. The Hall–Kier alpha value is -1.73. The van der Waals surface area contributed by atoms with Crippen molar-refractivity contribution in [1.29, 1.82) is 0 Å². The van der Waals surface area contributed by atoms with Crippen molar-refractivity contribution in [1.82, 2.24) is 10.1 Å². The van der Waals surface area contributed by atoms with Crippen LogP contribution in [-0.2, 0) is 4.79 Å². The number of likely N-dealkylation sites (tertiary alicyclic amines) is 1. The number of amides is 1. The predicted molar refractivity (Wildman–Crippen MR) is 103 cm³/mol. The molecule has 0 saturated carbocycles. The van der Waals surface area contributed by atoms with Gasteiger partial charge in [0.1, 0.15) is 22.9 Å². The van der Waals surface area contributed by atoms with Crippen LogP contribution in [0.3, 0.4) is 0 Å². The van der Waals surface area contributed by atoms with E-state index >= 15 is 0 Å². The third kappa shape index (κ3) is 3.55. The number of aliphatic hydroxyl groups excluding tert-OH is 1. The minimum absolute atomic E-state index is 0.0135. The zero-order chi connectivity index (χ0) is 20.1. The normalized spacial score (nSPS) is 27.9. The molecule has 2 aliphatic heterocycles. The first kappa shape index (κ1) is 20.0. The topological polar surface area (TPSA) is 78.9 Å². The van der Waals surface area contributed by atoms with Gasteiger partial charge in [-0.3, -0.25) is 4.79 Å². The smallest absolute Gasteiger partial charge is 0.234 e. The fraction of sp³-hybridized carbons (Fsp3) is 0.750. The summed E-state index contributed by atoms with van der Waals surface area (Å²) in [6.07, 6.45) is 0.834. The molecule has 3 atom stereocenters. The van der Waals surface area contributed by atoms with Crippen LogP contribution in [0, 0.1) is 12.8 Å². The standard InChI is InChI=1S/C20H33N4O3/c1-12(2)18(17-8-13(3)22-27-17)19(26)23-11-14(25)9-16(23)15-10-20(4,5)24(6,7)21-15/h8,12,14,16,18,25H,9-11H2,1-7H3/q+1/t14-,16?,18?/m1/s1. The third-order valence-electron chi connectivity index (χ3n) is 6.31. The van der Waals surface area contributed by atoms with E-state index in [0.717, 1.165) is 17.8 Å². The summed E-state index contributed by atoms with van der Waals surface area (Å²) >= 11 is 0. The Morgan fingerprint density at radius 2 is 2.07 bits per heavy atom. The van der Waals surface area contributed by atoms with Crippen molar-refractivity contribution >= 4 is 11.6 Å². The molecule has 3 rings (SSSR count). The number of rotatable bonds is 4. The maximum Gasteiger partial charge on any atom is 0.234 e. The average Bonchev–Trinajstić information content (AvgIpc) is 3.16. The zero-order valence-electron chi connectivity index (χ0n) is 17.6. The van der Waals surface area contributed by atoms with Crippen molar-refractivity contribution in [3.8, 4) is 0 Å². The predicted octanol–water partition coefficient (Wildman–Crippen LogP) is 2.30. The summed E-state index contributed by atoms with van der Waals surface area (Å²) in [5, 5.41) is 19.2. The van der Waals surface area contributed by atoms with Gasteiger partial charge in [0, 0.05) is 19.0 Å². The number of aryl methyl sites for hydroxylation is 1. The summed E-state index contributed by atoms with van der Waals surface area (Å²) in [5.41, 5.74) is 1.74. The van der Waals surface area contributed by atoms with Gasteiger partial charge < -0.3 is 14.5 Å².